The molecule has 2 N–H and O–H groups in total. The maximum atomic E-state index is 12.9. The third-order valence-corrected chi connectivity index (χ3v) is 6.45. The van der Waals surface area contributed by atoms with E-state index in [4.69, 9.17) is 9.52 Å². The molecule has 164 valence electrons. The van der Waals surface area contributed by atoms with Gasteiger partial charge in [0.2, 0.25) is 5.91 Å². The highest BCUT2D eigenvalue weighted by atomic mass is 32.2. The first-order valence-corrected chi connectivity index (χ1v) is 11.2. The Bertz CT molecular complexity index is 1040. The summed E-state index contributed by atoms with van der Waals surface area (Å²) in [6.45, 7) is 3.72. The number of carboxylic acids is 1. The number of hydrogen-bond donors (Lipinski definition) is 2. The van der Waals surface area contributed by atoms with Crippen LogP contribution in [-0.4, -0.2) is 42.1 Å². The van der Waals surface area contributed by atoms with Crippen LogP contribution in [0.3, 0.4) is 0 Å². The highest BCUT2D eigenvalue weighted by molar-refractivity contribution is 8.00. The van der Waals surface area contributed by atoms with Gasteiger partial charge >= 0.3 is 5.97 Å². The van der Waals surface area contributed by atoms with Gasteiger partial charge < -0.3 is 19.7 Å². The summed E-state index contributed by atoms with van der Waals surface area (Å²) in [5, 5.41) is 12.6. The molecule has 0 spiro atoms. The quantitative estimate of drug-likeness (QED) is 0.468. The highest BCUT2D eigenvalue weighted by Crippen LogP contribution is 2.39. The lowest BCUT2D eigenvalue weighted by Gasteiger charge is -2.21. The Balaban J connectivity index is 1.85. The van der Waals surface area contributed by atoms with Crippen LogP contribution in [0.25, 0.3) is 22.3 Å². The summed E-state index contributed by atoms with van der Waals surface area (Å²) in [6, 6.07) is 15.6. The van der Waals surface area contributed by atoms with Crippen molar-refractivity contribution in [2.24, 2.45) is 5.92 Å². The van der Waals surface area contributed by atoms with Gasteiger partial charge in [0, 0.05) is 31.6 Å². The predicted octanol–water partition coefficient (Wildman–Crippen LogP) is 5.34. The number of aliphatic carboxylic acids is 1. The Hall–Kier alpha value is -2.93. The number of benzene rings is 2. The number of amides is 1. The number of rotatable bonds is 9. The van der Waals surface area contributed by atoms with E-state index in [-0.39, 0.29) is 23.5 Å². The van der Waals surface area contributed by atoms with E-state index >= 15 is 0 Å². The first-order valence-electron chi connectivity index (χ1n) is 10.2. The number of fused-ring (bicyclic) bond motifs is 1. The SMILES string of the molecule is CC(CSC(C)C(=O)Nc1cccc(N(C)C)c1-c1cc2ccccc2o1)CC(=O)O. The molecule has 0 bridgehead atoms. The number of carboxylic acid groups (broad SMARTS) is 1. The summed E-state index contributed by atoms with van der Waals surface area (Å²) >= 11 is 1.46. The number of nitrogens with one attached hydrogen (secondary N) is 1. The van der Waals surface area contributed by atoms with E-state index in [2.05, 4.69) is 5.32 Å². The van der Waals surface area contributed by atoms with Crippen LogP contribution in [-0.2, 0) is 9.59 Å². The number of carbonyl (C=O) groups is 2. The van der Waals surface area contributed by atoms with Crippen LogP contribution in [0.1, 0.15) is 20.3 Å². The van der Waals surface area contributed by atoms with Gasteiger partial charge in [0.1, 0.15) is 11.3 Å². The Kier molecular flexibility index (Phi) is 7.28. The molecule has 3 aromatic rings. The van der Waals surface area contributed by atoms with Crippen molar-refractivity contribution in [2.75, 3.05) is 30.1 Å². The number of para-hydroxylation sites is 1. The van der Waals surface area contributed by atoms with E-state index in [1.165, 1.54) is 11.8 Å². The van der Waals surface area contributed by atoms with Crippen LogP contribution in [0.15, 0.2) is 52.9 Å². The third-order valence-electron chi connectivity index (χ3n) is 4.98. The van der Waals surface area contributed by atoms with Crippen molar-refractivity contribution < 1.29 is 19.1 Å². The number of carbonyl (C=O) groups excluding carboxylic acids is 1. The minimum absolute atomic E-state index is 0.000860. The monoisotopic (exact) mass is 440 g/mol. The zero-order valence-corrected chi connectivity index (χ0v) is 19.0. The molecule has 2 unspecified atom stereocenters. The summed E-state index contributed by atoms with van der Waals surface area (Å²) in [5.74, 6) is 0.355. The largest absolute Gasteiger partial charge is 0.481 e. The second kappa shape index (κ2) is 9.92. The van der Waals surface area contributed by atoms with Crippen LogP contribution in [0.2, 0.25) is 0 Å². The van der Waals surface area contributed by atoms with Gasteiger partial charge in [0.15, 0.2) is 0 Å². The van der Waals surface area contributed by atoms with Crippen LogP contribution in [0.4, 0.5) is 11.4 Å². The van der Waals surface area contributed by atoms with Crippen LogP contribution in [0.5, 0.6) is 0 Å². The van der Waals surface area contributed by atoms with E-state index in [0.29, 0.717) is 17.2 Å². The summed E-state index contributed by atoms with van der Waals surface area (Å²) < 4.78 is 6.10. The number of furan rings is 1. The van der Waals surface area contributed by atoms with E-state index in [1.54, 1.807) is 0 Å². The summed E-state index contributed by atoms with van der Waals surface area (Å²) in [6.07, 6.45) is 0.0996. The predicted molar refractivity (Wildman–Crippen MR) is 128 cm³/mol. The molecule has 3 rings (SSSR count). The topological polar surface area (TPSA) is 82.8 Å². The Morgan fingerprint density at radius 2 is 1.87 bits per heavy atom. The Morgan fingerprint density at radius 3 is 2.55 bits per heavy atom. The molecule has 2 aromatic carbocycles. The van der Waals surface area contributed by atoms with Crippen molar-refractivity contribution in [2.45, 2.75) is 25.5 Å². The van der Waals surface area contributed by atoms with Crippen molar-refractivity contribution in [3.05, 3.63) is 48.5 Å². The summed E-state index contributed by atoms with van der Waals surface area (Å²) in [7, 11) is 3.91. The van der Waals surface area contributed by atoms with E-state index in [1.807, 2.05) is 81.4 Å². The molecule has 7 heteroatoms. The van der Waals surface area contributed by atoms with Gasteiger partial charge in [-0.1, -0.05) is 31.2 Å². The second-order valence-corrected chi connectivity index (χ2v) is 9.28. The smallest absolute Gasteiger partial charge is 0.303 e. The minimum Gasteiger partial charge on any atom is -0.481 e. The lowest BCUT2D eigenvalue weighted by Crippen LogP contribution is -2.24. The first-order chi connectivity index (χ1) is 14.8. The molecule has 0 aliphatic rings. The van der Waals surface area contributed by atoms with Gasteiger partial charge in [0.25, 0.3) is 0 Å². The normalized spacial score (nSPS) is 13.0. The molecule has 0 aliphatic carbocycles. The number of hydrogen-bond acceptors (Lipinski definition) is 5. The number of anilines is 2. The van der Waals surface area contributed by atoms with E-state index in [0.717, 1.165) is 22.2 Å². The van der Waals surface area contributed by atoms with Crippen molar-refractivity contribution in [3.63, 3.8) is 0 Å². The lowest BCUT2D eigenvalue weighted by atomic mass is 10.1. The molecule has 1 aromatic heterocycles. The average molecular weight is 441 g/mol. The van der Waals surface area contributed by atoms with Gasteiger partial charge in [-0.05, 0) is 42.9 Å². The molecule has 1 heterocycles. The highest BCUT2D eigenvalue weighted by Gasteiger charge is 2.21. The van der Waals surface area contributed by atoms with Crippen LogP contribution >= 0.6 is 11.8 Å². The molecule has 6 nitrogen and oxygen atoms in total. The van der Waals surface area contributed by atoms with E-state index < -0.39 is 5.97 Å². The van der Waals surface area contributed by atoms with Gasteiger partial charge in [0.05, 0.1) is 16.5 Å². The zero-order valence-electron chi connectivity index (χ0n) is 18.2. The molecule has 0 saturated carbocycles. The summed E-state index contributed by atoms with van der Waals surface area (Å²) in [4.78, 5) is 25.7. The van der Waals surface area contributed by atoms with Gasteiger partial charge in [-0.2, -0.15) is 0 Å². The van der Waals surface area contributed by atoms with Crippen molar-refractivity contribution in [3.8, 4) is 11.3 Å². The molecule has 1 amide bonds. The Labute approximate surface area is 186 Å². The van der Waals surface area contributed by atoms with Gasteiger partial charge in [-0.25, -0.2) is 0 Å². The number of thioether (sulfide) groups is 1. The molecular weight excluding hydrogens is 412 g/mol. The average Bonchev–Trinajstić information content (AvgIpc) is 3.15. The maximum Gasteiger partial charge on any atom is 0.303 e. The van der Waals surface area contributed by atoms with Crippen molar-refractivity contribution >= 4 is 46.0 Å². The van der Waals surface area contributed by atoms with Crippen molar-refractivity contribution in [1.29, 1.82) is 0 Å². The molecule has 31 heavy (non-hydrogen) atoms. The molecular formula is C24H28N2O4S. The van der Waals surface area contributed by atoms with Crippen molar-refractivity contribution in [1.82, 2.24) is 0 Å². The second-order valence-electron chi connectivity index (χ2n) is 7.91. The zero-order chi connectivity index (χ0) is 22.5. The standard InChI is InChI=1S/C24H28N2O4S/c1-15(12-22(27)28)14-31-16(2)24(29)25-18-9-7-10-19(26(3)4)23(18)21-13-17-8-5-6-11-20(17)30-21/h5-11,13,15-16H,12,14H2,1-4H3,(H,25,29)(H,27,28). The third kappa shape index (κ3) is 5.61. The van der Waals surface area contributed by atoms with Crippen LogP contribution < -0.4 is 10.2 Å². The fraction of sp³-hybridized carbons (Fsp3) is 0.333. The minimum atomic E-state index is -0.818. The van der Waals surface area contributed by atoms with Gasteiger partial charge in [-0.3, -0.25) is 9.59 Å². The van der Waals surface area contributed by atoms with Gasteiger partial charge in [-0.15, -0.1) is 11.8 Å². The lowest BCUT2D eigenvalue weighted by molar-refractivity contribution is -0.137. The van der Waals surface area contributed by atoms with Crippen LogP contribution in [0, 0.1) is 5.92 Å². The fourth-order valence-corrected chi connectivity index (χ4v) is 4.30. The van der Waals surface area contributed by atoms with E-state index in [9.17, 15) is 9.59 Å². The maximum absolute atomic E-state index is 12.9. The first kappa shape index (κ1) is 22.7. The molecule has 0 radical (unpaired) electrons. The Morgan fingerprint density at radius 1 is 1.13 bits per heavy atom. The molecule has 0 fully saturated rings. The molecule has 0 saturated heterocycles. The summed E-state index contributed by atoms with van der Waals surface area (Å²) in [5.41, 5.74) is 3.24. The number of nitrogens with zero attached hydrogens (tertiary/aromatic N) is 1. The molecule has 0 aliphatic heterocycles. The fourth-order valence-electron chi connectivity index (χ4n) is 3.36. The molecule has 2 atom stereocenters.